The Morgan fingerprint density at radius 3 is 2.28 bits per heavy atom. The highest BCUT2D eigenvalue weighted by molar-refractivity contribution is 6.30. The van der Waals surface area contributed by atoms with Gasteiger partial charge in [0.2, 0.25) is 5.95 Å². The van der Waals surface area contributed by atoms with Crippen molar-refractivity contribution in [1.29, 1.82) is 0 Å². The Kier molecular flexibility index (Phi) is 8.39. The highest BCUT2D eigenvalue weighted by Gasteiger charge is 2.31. The number of rotatable bonds is 7. The fraction of sp³-hybridized carbons (Fsp3) is 0.560. The molecule has 11 heteroatoms. The summed E-state index contributed by atoms with van der Waals surface area (Å²) in [6, 6.07) is 2.12. The largest absolute Gasteiger partial charge is 0.394 e. The molecule has 0 aliphatic carbocycles. The molecule has 196 valence electrons. The molecule has 2 N–H and O–H groups in total. The number of carbonyl (C=O) groups excluding carboxylic acids is 1. The van der Waals surface area contributed by atoms with Crippen molar-refractivity contribution in [1.82, 2.24) is 15.3 Å². The van der Waals surface area contributed by atoms with Gasteiger partial charge in [0.15, 0.2) is 6.29 Å². The lowest BCUT2D eigenvalue weighted by Gasteiger charge is -2.35. The third kappa shape index (κ3) is 6.47. The number of amides is 1. The number of aliphatic hydroxyl groups excluding tert-OH is 1. The number of nitrogens with one attached hydrogen (secondary N) is 1. The molecule has 2 aliphatic heterocycles. The zero-order valence-corrected chi connectivity index (χ0v) is 21.1. The van der Waals surface area contributed by atoms with E-state index in [2.05, 4.69) is 20.2 Å². The summed E-state index contributed by atoms with van der Waals surface area (Å²) in [7, 11) is 0. The van der Waals surface area contributed by atoms with Gasteiger partial charge in [-0.1, -0.05) is 11.6 Å². The van der Waals surface area contributed by atoms with Gasteiger partial charge in [-0.05, 0) is 51.2 Å². The van der Waals surface area contributed by atoms with E-state index in [-0.39, 0.29) is 18.1 Å². The van der Waals surface area contributed by atoms with E-state index in [9.17, 15) is 18.7 Å². The average Bonchev–Trinajstić information content (AvgIpc) is 2.85. The smallest absolute Gasteiger partial charge is 0.257 e. The van der Waals surface area contributed by atoms with E-state index < -0.39 is 34.9 Å². The van der Waals surface area contributed by atoms with E-state index in [0.29, 0.717) is 30.1 Å². The van der Waals surface area contributed by atoms with Crippen LogP contribution >= 0.6 is 11.6 Å². The van der Waals surface area contributed by atoms with E-state index in [1.165, 1.54) is 0 Å². The quantitative estimate of drug-likeness (QED) is 0.567. The zero-order chi connectivity index (χ0) is 25.9. The van der Waals surface area contributed by atoms with Crippen LogP contribution in [-0.2, 0) is 9.47 Å². The number of nitrogens with zero attached hydrogens (tertiary/aromatic N) is 3. The number of piperidine rings is 1. The van der Waals surface area contributed by atoms with Crippen molar-refractivity contribution >= 4 is 23.5 Å². The Morgan fingerprint density at radius 2 is 1.72 bits per heavy atom. The molecule has 2 saturated heterocycles. The van der Waals surface area contributed by atoms with Crippen LogP contribution in [0.3, 0.4) is 0 Å². The zero-order valence-electron chi connectivity index (χ0n) is 20.3. The van der Waals surface area contributed by atoms with Crippen molar-refractivity contribution in [3.05, 3.63) is 52.3 Å². The maximum absolute atomic E-state index is 14.7. The maximum atomic E-state index is 14.7. The number of ether oxygens (including phenoxy) is 2. The summed E-state index contributed by atoms with van der Waals surface area (Å²) in [6.07, 6.45) is 5.23. The second-order valence-corrected chi connectivity index (χ2v) is 10.5. The van der Waals surface area contributed by atoms with Crippen molar-refractivity contribution < 1.29 is 28.2 Å². The van der Waals surface area contributed by atoms with Crippen molar-refractivity contribution in [2.24, 2.45) is 11.8 Å². The summed E-state index contributed by atoms with van der Waals surface area (Å²) in [5.74, 6) is -1.58. The molecule has 8 nitrogen and oxygen atoms in total. The molecule has 0 radical (unpaired) electrons. The maximum Gasteiger partial charge on any atom is 0.257 e. The van der Waals surface area contributed by atoms with Crippen molar-refractivity contribution in [3.63, 3.8) is 0 Å². The summed E-state index contributed by atoms with van der Waals surface area (Å²) in [5, 5.41) is 12.2. The fourth-order valence-electron chi connectivity index (χ4n) is 4.54. The number of aliphatic hydroxyl groups is 1. The molecule has 3 heterocycles. The summed E-state index contributed by atoms with van der Waals surface area (Å²) >= 11 is 5.86. The lowest BCUT2D eigenvalue weighted by molar-refractivity contribution is -0.207. The minimum absolute atomic E-state index is 0.178. The molecule has 2 aliphatic rings. The monoisotopic (exact) mass is 524 g/mol. The van der Waals surface area contributed by atoms with Crippen LogP contribution < -0.4 is 10.2 Å². The first kappa shape index (κ1) is 26.7. The van der Waals surface area contributed by atoms with Crippen molar-refractivity contribution in [3.8, 4) is 0 Å². The number of hydrogen-bond donors (Lipinski definition) is 2. The molecular weight excluding hydrogens is 494 g/mol. The number of hydrogen-bond acceptors (Lipinski definition) is 7. The van der Waals surface area contributed by atoms with Crippen LogP contribution in [0.2, 0.25) is 5.02 Å². The lowest BCUT2D eigenvalue weighted by Crippen LogP contribution is -2.46. The Balaban J connectivity index is 1.28. The average molecular weight is 525 g/mol. The second kappa shape index (κ2) is 11.3. The molecule has 1 amide bonds. The molecule has 2 fully saturated rings. The molecule has 1 aromatic carbocycles. The first-order valence-electron chi connectivity index (χ1n) is 12.0. The summed E-state index contributed by atoms with van der Waals surface area (Å²) in [4.78, 5) is 23.0. The molecule has 0 spiro atoms. The van der Waals surface area contributed by atoms with Crippen LogP contribution in [0.1, 0.15) is 55.3 Å². The van der Waals surface area contributed by atoms with E-state index in [1.807, 2.05) is 0 Å². The molecule has 0 atom stereocenters. The lowest BCUT2D eigenvalue weighted by atomic mass is 9.87. The van der Waals surface area contributed by atoms with Crippen LogP contribution in [0.5, 0.6) is 0 Å². The van der Waals surface area contributed by atoms with Gasteiger partial charge in [0.05, 0.1) is 42.8 Å². The Bertz CT molecular complexity index is 1030. The topological polar surface area (TPSA) is 96.8 Å². The second-order valence-electron chi connectivity index (χ2n) is 10.1. The van der Waals surface area contributed by atoms with E-state index in [4.69, 9.17) is 21.1 Å². The van der Waals surface area contributed by atoms with Gasteiger partial charge >= 0.3 is 0 Å². The molecule has 0 bridgehead atoms. The Labute approximate surface area is 214 Å². The Hall–Kier alpha value is -2.40. The van der Waals surface area contributed by atoms with Gasteiger partial charge in [-0.25, -0.2) is 18.7 Å². The van der Waals surface area contributed by atoms with Crippen LogP contribution in [-0.4, -0.2) is 59.4 Å². The molecule has 0 saturated carbocycles. The van der Waals surface area contributed by atoms with Gasteiger partial charge in [-0.3, -0.25) is 4.79 Å². The minimum Gasteiger partial charge on any atom is -0.394 e. The highest BCUT2D eigenvalue weighted by atomic mass is 35.5. The number of halogens is 3. The van der Waals surface area contributed by atoms with Crippen LogP contribution in [0, 0.1) is 23.5 Å². The summed E-state index contributed by atoms with van der Waals surface area (Å²) < 4.78 is 40.9. The fourth-order valence-corrected chi connectivity index (χ4v) is 4.63. The first-order valence-corrected chi connectivity index (χ1v) is 12.4. The van der Waals surface area contributed by atoms with Crippen LogP contribution in [0.15, 0.2) is 24.5 Å². The van der Waals surface area contributed by atoms with E-state index >= 15 is 0 Å². The molecule has 2 aromatic rings. The van der Waals surface area contributed by atoms with E-state index in [0.717, 1.165) is 44.5 Å². The highest BCUT2D eigenvalue weighted by Crippen LogP contribution is 2.32. The van der Waals surface area contributed by atoms with Gasteiger partial charge in [0.25, 0.3) is 5.91 Å². The SMILES string of the molecule is CC(C)(CO)NC(=O)c1c(F)cc(C2OCC(CC3CCN(c4ncc(Cl)cn4)CC3)CO2)cc1F. The van der Waals surface area contributed by atoms with Gasteiger partial charge in [-0.2, -0.15) is 0 Å². The molecule has 36 heavy (non-hydrogen) atoms. The standard InChI is InChI=1S/C25H31ClF2N4O4/c1-25(2,14-33)31-22(34)21-19(27)8-17(9-20(21)28)23-35-12-16(13-36-23)7-15-3-5-32(6-4-15)24-29-10-18(26)11-30-24/h8-11,15-16,23,33H,3-7,12-14H2,1-2H3,(H,31,34). The predicted molar refractivity (Wildman–Crippen MR) is 130 cm³/mol. The molecule has 0 unspecified atom stereocenters. The Morgan fingerprint density at radius 1 is 1.14 bits per heavy atom. The number of aromatic nitrogens is 2. The molecule has 4 rings (SSSR count). The minimum atomic E-state index is -1.01. The predicted octanol–water partition coefficient (Wildman–Crippen LogP) is 3.88. The van der Waals surface area contributed by atoms with Gasteiger partial charge < -0.3 is 24.8 Å². The van der Waals surface area contributed by atoms with E-state index in [1.54, 1.807) is 26.2 Å². The van der Waals surface area contributed by atoms with Crippen molar-refractivity contribution in [2.45, 2.75) is 44.9 Å². The first-order chi connectivity index (χ1) is 17.1. The number of anilines is 1. The van der Waals surface area contributed by atoms with Gasteiger partial charge in [0, 0.05) is 24.6 Å². The number of carbonyl (C=O) groups is 1. The summed E-state index contributed by atoms with van der Waals surface area (Å²) in [6.45, 7) is 5.28. The van der Waals surface area contributed by atoms with Crippen molar-refractivity contribution in [2.75, 3.05) is 37.8 Å². The number of benzene rings is 1. The molecular formula is C25H31ClF2N4O4. The summed E-state index contributed by atoms with van der Waals surface area (Å²) in [5.41, 5.74) is -1.54. The van der Waals surface area contributed by atoms with Gasteiger partial charge in [-0.15, -0.1) is 0 Å². The van der Waals surface area contributed by atoms with Crippen LogP contribution in [0.25, 0.3) is 0 Å². The third-order valence-corrected chi connectivity index (χ3v) is 6.74. The van der Waals surface area contributed by atoms with Crippen LogP contribution in [0.4, 0.5) is 14.7 Å². The normalized spacial score (nSPS) is 21.4. The van der Waals surface area contributed by atoms with Gasteiger partial charge in [0.1, 0.15) is 17.2 Å². The third-order valence-electron chi connectivity index (χ3n) is 6.55. The molecule has 1 aromatic heterocycles.